The van der Waals surface area contributed by atoms with Crippen molar-refractivity contribution in [3.05, 3.63) is 29.3 Å². The van der Waals surface area contributed by atoms with Crippen molar-refractivity contribution in [3.63, 3.8) is 0 Å². The lowest BCUT2D eigenvalue weighted by Crippen LogP contribution is -2.83. The van der Waals surface area contributed by atoms with Crippen LogP contribution in [0.1, 0.15) is 13.8 Å². The minimum Gasteiger partial charge on any atom is -0.614 e. The molecule has 2 aliphatic heterocycles. The van der Waals surface area contributed by atoms with Crippen molar-refractivity contribution in [2.24, 2.45) is 0 Å². The highest BCUT2D eigenvalue weighted by Crippen LogP contribution is 2.46. The molecule has 1 aromatic rings. The maximum Gasteiger partial charge on any atom is 0.302 e. The number of fused-ring (bicyclic) bond motifs is 1. The number of amides is 2. The highest BCUT2D eigenvalue weighted by atomic mass is 32.2. The Hall–Kier alpha value is -2.41. The maximum absolute atomic E-state index is 12.9. The summed E-state index contributed by atoms with van der Waals surface area (Å²) >= 11 is -0.243. The lowest BCUT2D eigenvalue weighted by Gasteiger charge is -2.56. The summed E-state index contributed by atoms with van der Waals surface area (Å²) in [6.07, 6.45) is 1.53. The van der Waals surface area contributed by atoms with Gasteiger partial charge in [0.15, 0.2) is 0 Å². The first-order chi connectivity index (χ1) is 13.7. The fourth-order valence-corrected chi connectivity index (χ4v) is 5.73. The first kappa shape index (κ1) is 22.9. The molecule has 3 rings (SSSR count). The van der Waals surface area contributed by atoms with E-state index in [-0.39, 0.29) is 24.7 Å². The number of anilines is 1. The molecular formula is C17H20N2O8S2. The fraction of sp³-hybridized carbons (Fsp3) is 0.412. The molecule has 158 valence electrons. The molecule has 0 aliphatic carbocycles. The molecule has 1 N–H and O–H groups in total. The molecule has 12 heteroatoms. The predicted octanol–water partition coefficient (Wildman–Crippen LogP) is 0.522. The summed E-state index contributed by atoms with van der Waals surface area (Å²) in [7, 11) is 1.33. The first-order valence-electron chi connectivity index (χ1n) is 8.24. The summed E-state index contributed by atoms with van der Waals surface area (Å²) in [5.74, 6) is -1.19. The number of thiophene rings is 1. The third kappa shape index (κ3) is 4.15. The number of carbonyl (C=O) groups is 4. The van der Waals surface area contributed by atoms with Gasteiger partial charge in [0, 0.05) is 32.7 Å². The van der Waals surface area contributed by atoms with Gasteiger partial charge in [-0.2, -0.15) is 0 Å². The zero-order valence-corrected chi connectivity index (χ0v) is 17.5. The zero-order chi connectivity index (χ0) is 21.8. The molecule has 3 heterocycles. The summed E-state index contributed by atoms with van der Waals surface area (Å²) in [5.41, 5.74) is -1.08. The normalized spacial score (nSPS) is 24.9. The van der Waals surface area contributed by atoms with Gasteiger partial charge < -0.3 is 19.1 Å². The number of rotatable bonds is 5. The Morgan fingerprint density at radius 3 is 2.66 bits per heavy atom. The van der Waals surface area contributed by atoms with Crippen LogP contribution >= 0.6 is 11.3 Å². The molecule has 29 heavy (non-hydrogen) atoms. The Morgan fingerprint density at radius 2 is 2.17 bits per heavy atom. The largest absolute Gasteiger partial charge is 0.614 e. The van der Waals surface area contributed by atoms with Crippen LogP contribution in [0, 0.1) is 0 Å². The van der Waals surface area contributed by atoms with Crippen LogP contribution in [0.15, 0.2) is 29.3 Å². The van der Waals surface area contributed by atoms with E-state index < -0.39 is 34.2 Å². The SMILES string of the molecule is COC1(N(C(C)=O)c2cccs2)C(=O)N2C=C(COC(C)=O)C[S+]([O-])[C@@H]21.O=CO. The molecule has 2 aliphatic rings. The summed E-state index contributed by atoms with van der Waals surface area (Å²) in [6, 6.07) is 3.46. The standard InChI is InChI=1S/C16H18N2O6S2.CH2O2/c1-10(19)18(13-5-4-6-25-13)16(23-3)14(21)17-7-12(8-24-11(2)20)9-26(22)15(16)17;2-1-3/h4-7,15H,8-9H2,1-3H3;1H,(H,2,3)/t15-,16?,26?;/m1./s1. The molecule has 10 nitrogen and oxygen atoms in total. The molecule has 0 radical (unpaired) electrons. The van der Waals surface area contributed by atoms with Gasteiger partial charge in [-0.05, 0) is 28.7 Å². The van der Waals surface area contributed by atoms with Crippen LogP contribution in [0.25, 0.3) is 0 Å². The van der Waals surface area contributed by atoms with Crippen LogP contribution in [0.2, 0.25) is 0 Å². The quantitative estimate of drug-likeness (QED) is 0.228. The molecular weight excluding hydrogens is 424 g/mol. The number of β-lactam (4-membered cyclic amide) rings is 1. The monoisotopic (exact) mass is 444 g/mol. The minimum absolute atomic E-state index is 0.0289. The number of ether oxygens (including phenoxy) is 2. The number of hydrogen-bond acceptors (Lipinski definition) is 8. The van der Waals surface area contributed by atoms with Gasteiger partial charge in [-0.15, -0.1) is 11.3 Å². The Bertz CT molecular complexity index is 812. The van der Waals surface area contributed by atoms with Crippen LogP contribution in [-0.2, 0) is 39.8 Å². The van der Waals surface area contributed by atoms with Gasteiger partial charge in [-0.25, -0.2) is 0 Å². The van der Waals surface area contributed by atoms with Crippen LogP contribution in [-0.4, -0.2) is 69.4 Å². The zero-order valence-electron chi connectivity index (χ0n) is 15.9. The first-order valence-corrected chi connectivity index (χ1v) is 10.5. The van der Waals surface area contributed by atoms with Gasteiger partial charge in [0.25, 0.3) is 23.5 Å². The highest BCUT2D eigenvalue weighted by Gasteiger charge is 2.73. The Balaban J connectivity index is 0.000000941. The molecule has 0 saturated carbocycles. The number of carbonyl (C=O) groups excluding carboxylic acids is 3. The Morgan fingerprint density at radius 1 is 1.52 bits per heavy atom. The van der Waals surface area contributed by atoms with Gasteiger partial charge in [0.2, 0.25) is 5.91 Å². The van der Waals surface area contributed by atoms with E-state index >= 15 is 0 Å². The number of methoxy groups -OCH3 is 1. The number of hydrogen-bond donors (Lipinski definition) is 1. The molecule has 0 aromatic carbocycles. The Labute approximate surface area is 173 Å². The molecule has 1 aromatic heterocycles. The molecule has 0 spiro atoms. The van der Waals surface area contributed by atoms with Crippen molar-refractivity contribution >= 4 is 51.8 Å². The molecule has 0 bridgehead atoms. The van der Waals surface area contributed by atoms with E-state index in [1.54, 1.807) is 17.5 Å². The van der Waals surface area contributed by atoms with Crippen molar-refractivity contribution in [2.75, 3.05) is 24.4 Å². The van der Waals surface area contributed by atoms with E-state index in [4.69, 9.17) is 19.4 Å². The van der Waals surface area contributed by atoms with Gasteiger partial charge in [-0.3, -0.25) is 29.0 Å². The number of esters is 1. The van der Waals surface area contributed by atoms with E-state index in [2.05, 4.69) is 0 Å². The van der Waals surface area contributed by atoms with E-state index in [1.165, 1.54) is 48.3 Å². The van der Waals surface area contributed by atoms with E-state index in [9.17, 15) is 18.9 Å². The van der Waals surface area contributed by atoms with E-state index in [0.717, 1.165) is 0 Å². The van der Waals surface area contributed by atoms with Crippen LogP contribution in [0.5, 0.6) is 0 Å². The molecule has 1 saturated heterocycles. The van der Waals surface area contributed by atoms with Crippen molar-refractivity contribution < 1.29 is 38.3 Å². The molecule has 2 amide bonds. The molecule has 3 atom stereocenters. The molecule has 2 unspecified atom stereocenters. The third-order valence-corrected chi connectivity index (χ3v) is 6.73. The van der Waals surface area contributed by atoms with E-state index in [1.807, 2.05) is 0 Å². The van der Waals surface area contributed by atoms with E-state index in [0.29, 0.717) is 10.6 Å². The van der Waals surface area contributed by atoms with Gasteiger partial charge in [0.05, 0.1) is 0 Å². The average Bonchev–Trinajstić information content (AvgIpc) is 3.18. The fourth-order valence-electron chi connectivity index (χ4n) is 3.15. The van der Waals surface area contributed by atoms with Crippen LogP contribution in [0.3, 0.4) is 0 Å². The highest BCUT2D eigenvalue weighted by molar-refractivity contribution is 7.92. The van der Waals surface area contributed by atoms with Crippen molar-refractivity contribution in [2.45, 2.75) is 24.9 Å². The van der Waals surface area contributed by atoms with Gasteiger partial charge in [-0.1, -0.05) is 0 Å². The Kier molecular flexibility index (Phi) is 7.41. The van der Waals surface area contributed by atoms with Crippen molar-refractivity contribution in [3.8, 4) is 0 Å². The summed E-state index contributed by atoms with van der Waals surface area (Å²) < 4.78 is 23.3. The third-order valence-electron chi connectivity index (χ3n) is 4.17. The lowest BCUT2D eigenvalue weighted by molar-refractivity contribution is -0.182. The second-order valence-electron chi connectivity index (χ2n) is 5.97. The topological polar surface area (TPSA) is 137 Å². The predicted molar refractivity (Wildman–Crippen MR) is 104 cm³/mol. The maximum atomic E-state index is 12.9. The second-order valence-corrected chi connectivity index (χ2v) is 8.39. The van der Waals surface area contributed by atoms with Crippen molar-refractivity contribution in [1.29, 1.82) is 0 Å². The van der Waals surface area contributed by atoms with Crippen molar-refractivity contribution in [1.82, 2.24) is 4.90 Å². The number of nitrogens with zero attached hydrogens (tertiary/aromatic N) is 2. The number of carboxylic acid groups (broad SMARTS) is 1. The summed E-state index contributed by atoms with van der Waals surface area (Å²) in [4.78, 5) is 47.2. The van der Waals surface area contributed by atoms with Crippen LogP contribution < -0.4 is 4.90 Å². The van der Waals surface area contributed by atoms with Crippen LogP contribution in [0.4, 0.5) is 5.00 Å². The lowest BCUT2D eigenvalue weighted by atomic mass is 9.99. The average molecular weight is 444 g/mol. The van der Waals surface area contributed by atoms with Gasteiger partial charge >= 0.3 is 5.97 Å². The second kappa shape index (κ2) is 9.39. The summed E-state index contributed by atoms with van der Waals surface area (Å²) in [5, 5.41) is 8.39. The van der Waals surface area contributed by atoms with Gasteiger partial charge in [0.1, 0.15) is 17.4 Å². The molecule has 1 fully saturated rings. The smallest absolute Gasteiger partial charge is 0.302 e. The summed E-state index contributed by atoms with van der Waals surface area (Å²) in [6.45, 7) is 2.34. The minimum atomic E-state index is -1.65.